The Hall–Kier alpha value is -0.120. The molecule has 0 amide bonds. The van der Waals surface area contributed by atoms with Gasteiger partial charge in [-0.3, -0.25) is 0 Å². The molecule has 0 aromatic rings. The summed E-state index contributed by atoms with van der Waals surface area (Å²) in [4.78, 5) is 1.97. The van der Waals surface area contributed by atoms with Gasteiger partial charge >= 0.3 is 0 Å². The minimum Gasteiger partial charge on any atom is -0.389 e. The summed E-state index contributed by atoms with van der Waals surface area (Å²) in [5.41, 5.74) is 0. The van der Waals surface area contributed by atoms with E-state index in [0.29, 0.717) is 13.2 Å². The molecule has 1 N–H and O–H groups in total. The highest BCUT2D eigenvalue weighted by atomic mass is 16.5. The Labute approximate surface area is 101 Å². The lowest BCUT2D eigenvalue weighted by Gasteiger charge is -2.15. The summed E-state index contributed by atoms with van der Waals surface area (Å²) in [7, 11) is 3.91. The summed E-state index contributed by atoms with van der Waals surface area (Å²) in [6.07, 6.45) is 7.34. The number of likely N-dealkylation sites (N-methyl/N-ethyl adjacent to an activating group) is 1. The van der Waals surface area contributed by atoms with E-state index in [1.165, 1.54) is 32.1 Å². The summed E-state index contributed by atoms with van der Waals surface area (Å²) >= 11 is 0. The standard InChI is InChI=1S/C13H29NO2/c1-4-5-6-7-8-9-10-16-12-13(15)11-14(2)3/h13,15H,4-12H2,1-3H3. The zero-order valence-electron chi connectivity index (χ0n) is 11.2. The van der Waals surface area contributed by atoms with E-state index >= 15 is 0 Å². The second kappa shape index (κ2) is 11.4. The van der Waals surface area contributed by atoms with Crippen molar-refractivity contribution in [3.05, 3.63) is 0 Å². The van der Waals surface area contributed by atoms with E-state index in [-0.39, 0.29) is 6.10 Å². The molecule has 0 aliphatic carbocycles. The highest BCUT2D eigenvalue weighted by Crippen LogP contribution is 2.04. The van der Waals surface area contributed by atoms with Gasteiger partial charge in [0.2, 0.25) is 0 Å². The largest absolute Gasteiger partial charge is 0.389 e. The Morgan fingerprint density at radius 1 is 1.06 bits per heavy atom. The van der Waals surface area contributed by atoms with Gasteiger partial charge in [-0.2, -0.15) is 0 Å². The molecule has 0 fully saturated rings. The number of rotatable bonds is 11. The first-order valence-corrected chi connectivity index (χ1v) is 6.57. The van der Waals surface area contributed by atoms with Crippen LogP contribution in [0.3, 0.4) is 0 Å². The molecule has 0 bridgehead atoms. The van der Waals surface area contributed by atoms with Crippen molar-refractivity contribution in [2.24, 2.45) is 0 Å². The Morgan fingerprint density at radius 3 is 2.31 bits per heavy atom. The van der Waals surface area contributed by atoms with Crippen LogP contribution in [0.4, 0.5) is 0 Å². The number of hydrogen-bond donors (Lipinski definition) is 1. The normalized spacial score (nSPS) is 13.3. The lowest BCUT2D eigenvalue weighted by Crippen LogP contribution is -2.29. The van der Waals surface area contributed by atoms with Crippen molar-refractivity contribution in [2.75, 3.05) is 33.9 Å². The third-order valence-corrected chi connectivity index (χ3v) is 2.53. The number of hydrogen-bond acceptors (Lipinski definition) is 3. The number of ether oxygens (including phenoxy) is 1. The highest BCUT2D eigenvalue weighted by molar-refractivity contribution is 4.56. The molecule has 0 aliphatic rings. The summed E-state index contributed by atoms with van der Waals surface area (Å²) < 4.78 is 5.43. The number of unbranched alkanes of at least 4 members (excludes halogenated alkanes) is 5. The Morgan fingerprint density at radius 2 is 1.69 bits per heavy atom. The maximum Gasteiger partial charge on any atom is 0.0899 e. The van der Waals surface area contributed by atoms with Crippen molar-refractivity contribution in [1.29, 1.82) is 0 Å². The Balaban J connectivity index is 3.08. The first-order valence-electron chi connectivity index (χ1n) is 6.57. The fourth-order valence-corrected chi connectivity index (χ4v) is 1.68. The molecule has 1 unspecified atom stereocenters. The zero-order chi connectivity index (χ0) is 12.2. The molecular formula is C13H29NO2. The number of nitrogens with zero attached hydrogens (tertiary/aromatic N) is 1. The van der Waals surface area contributed by atoms with Crippen LogP contribution in [0, 0.1) is 0 Å². The van der Waals surface area contributed by atoms with Crippen LogP contribution in [0.15, 0.2) is 0 Å². The lowest BCUT2D eigenvalue weighted by atomic mass is 10.1. The van der Waals surface area contributed by atoms with Crippen molar-refractivity contribution >= 4 is 0 Å². The van der Waals surface area contributed by atoms with E-state index in [2.05, 4.69) is 6.92 Å². The van der Waals surface area contributed by atoms with E-state index in [9.17, 15) is 5.11 Å². The molecule has 3 nitrogen and oxygen atoms in total. The molecule has 0 spiro atoms. The summed E-state index contributed by atoms with van der Waals surface area (Å²) in [6, 6.07) is 0. The first kappa shape index (κ1) is 15.9. The maximum absolute atomic E-state index is 9.53. The molecule has 98 valence electrons. The van der Waals surface area contributed by atoms with Crippen LogP contribution in [0.2, 0.25) is 0 Å². The second-order valence-corrected chi connectivity index (χ2v) is 4.76. The molecule has 0 aromatic heterocycles. The molecule has 3 heteroatoms. The van der Waals surface area contributed by atoms with E-state index in [4.69, 9.17) is 4.74 Å². The third kappa shape index (κ3) is 12.0. The van der Waals surface area contributed by atoms with Gasteiger partial charge < -0.3 is 14.7 Å². The van der Waals surface area contributed by atoms with E-state index in [1.54, 1.807) is 0 Å². The van der Waals surface area contributed by atoms with Crippen LogP contribution < -0.4 is 0 Å². The summed E-state index contributed by atoms with van der Waals surface area (Å²) in [5.74, 6) is 0. The fraction of sp³-hybridized carbons (Fsp3) is 1.00. The van der Waals surface area contributed by atoms with Crippen LogP contribution >= 0.6 is 0 Å². The molecule has 0 radical (unpaired) electrons. The highest BCUT2D eigenvalue weighted by Gasteiger charge is 2.04. The summed E-state index contributed by atoms with van der Waals surface area (Å²) in [6.45, 7) is 4.16. The predicted octanol–water partition coefficient (Wildman–Crippen LogP) is 2.29. The van der Waals surface area contributed by atoms with Crippen LogP contribution in [-0.4, -0.2) is 50.0 Å². The van der Waals surface area contributed by atoms with Gasteiger partial charge in [0.05, 0.1) is 12.7 Å². The van der Waals surface area contributed by atoms with Crippen LogP contribution in [0.5, 0.6) is 0 Å². The fourth-order valence-electron chi connectivity index (χ4n) is 1.68. The third-order valence-electron chi connectivity index (χ3n) is 2.53. The maximum atomic E-state index is 9.53. The van der Waals surface area contributed by atoms with Gasteiger partial charge in [-0.25, -0.2) is 0 Å². The quantitative estimate of drug-likeness (QED) is 0.554. The van der Waals surface area contributed by atoms with Crippen LogP contribution in [-0.2, 0) is 4.74 Å². The summed E-state index contributed by atoms with van der Waals surface area (Å²) in [5, 5.41) is 9.53. The van der Waals surface area contributed by atoms with E-state index < -0.39 is 0 Å². The predicted molar refractivity (Wildman–Crippen MR) is 68.8 cm³/mol. The topological polar surface area (TPSA) is 32.7 Å². The van der Waals surface area contributed by atoms with Crippen LogP contribution in [0.1, 0.15) is 45.4 Å². The lowest BCUT2D eigenvalue weighted by molar-refractivity contribution is 0.0229. The molecule has 1 atom stereocenters. The number of aliphatic hydroxyl groups excluding tert-OH is 1. The van der Waals surface area contributed by atoms with Gasteiger partial charge in [-0.05, 0) is 20.5 Å². The smallest absolute Gasteiger partial charge is 0.0899 e. The monoisotopic (exact) mass is 231 g/mol. The van der Waals surface area contributed by atoms with Crippen molar-refractivity contribution in [3.8, 4) is 0 Å². The van der Waals surface area contributed by atoms with Crippen molar-refractivity contribution < 1.29 is 9.84 Å². The van der Waals surface area contributed by atoms with E-state index in [1.807, 2.05) is 19.0 Å². The average molecular weight is 231 g/mol. The first-order chi connectivity index (χ1) is 7.66. The van der Waals surface area contributed by atoms with Gasteiger partial charge in [0, 0.05) is 13.2 Å². The minimum absolute atomic E-state index is 0.352. The van der Waals surface area contributed by atoms with Crippen molar-refractivity contribution in [1.82, 2.24) is 4.90 Å². The molecular weight excluding hydrogens is 202 g/mol. The van der Waals surface area contributed by atoms with Gasteiger partial charge in [0.25, 0.3) is 0 Å². The minimum atomic E-state index is -0.352. The Kier molecular flexibility index (Phi) is 11.3. The van der Waals surface area contributed by atoms with Gasteiger partial charge in [0.1, 0.15) is 0 Å². The van der Waals surface area contributed by atoms with Gasteiger partial charge in [0.15, 0.2) is 0 Å². The van der Waals surface area contributed by atoms with Gasteiger partial charge in [-0.15, -0.1) is 0 Å². The molecule has 0 saturated heterocycles. The Bertz CT molecular complexity index is 140. The molecule has 16 heavy (non-hydrogen) atoms. The van der Waals surface area contributed by atoms with Gasteiger partial charge in [-0.1, -0.05) is 39.0 Å². The molecule has 0 heterocycles. The zero-order valence-corrected chi connectivity index (χ0v) is 11.2. The second-order valence-electron chi connectivity index (χ2n) is 4.76. The van der Waals surface area contributed by atoms with Crippen LogP contribution in [0.25, 0.3) is 0 Å². The average Bonchev–Trinajstić information content (AvgIpc) is 2.21. The molecule has 0 aromatic carbocycles. The number of aliphatic hydroxyl groups is 1. The van der Waals surface area contributed by atoms with Crippen molar-refractivity contribution in [2.45, 2.75) is 51.6 Å². The van der Waals surface area contributed by atoms with Crippen molar-refractivity contribution in [3.63, 3.8) is 0 Å². The molecule has 0 rings (SSSR count). The molecule has 0 aliphatic heterocycles. The van der Waals surface area contributed by atoms with E-state index in [0.717, 1.165) is 13.0 Å². The molecule has 0 saturated carbocycles. The SMILES string of the molecule is CCCCCCCCOCC(O)CN(C)C.